The van der Waals surface area contributed by atoms with E-state index in [1.165, 1.54) is 5.56 Å². The van der Waals surface area contributed by atoms with Crippen molar-refractivity contribution >= 4 is 6.03 Å². The highest BCUT2D eigenvalue weighted by atomic mass is 16.5. The molecule has 0 aliphatic heterocycles. The third kappa shape index (κ3) is 4.57. The lowest BCUT2D eigenvalue weighted by Crippen LogP contribution is -2.38. The molecule has 0 fully saturated rings. The number of carbonyl (C=O) groups is 1. The Labute approximate surface area is 171 Å². The third-order valence-electron chi connectivity index (χ3n) is 5.39. The van der Waals surface area contributed by atoms with Crippen LogP contribution < -0.4 is 15.4 Å². The van der Waals surface area contributed by atoms with Crippen LogP contribution in [0.1, 0.15) is 35.6 Å². The summed E-state index contributed by atoms with van der Waals surface area (Å²) in [5.74, 6) is 0.826. The molecular formula is C24H25N3O2. The molecule has 5 nitrogen and oxygen atoms in total. The van der Waals surface area contributed by atoms with Crippen molar-refractivity contribution in [3.05, 3.63) is 83.7 Å². The number of hydrogen-bond acceptors (Lipinski definition) is 3. The maximum Gasteiger partial charge on any atom is 0.315 e. The van der Waals surface area contributed by atoms with E-state index in [-0.39, 0.29) is 12.1 Å². The Morgan fingerprint density at radius 1 is 1.07 bits per heavy atom. The number of rotatable bonds is 5. The van der Waals surface area contributed by atoms with Gasteiger partial charge in [-0.15, -0.1) is 0 Å². The van der Waals surface area contributed by atoms with Gasteiger partial charge in [-0.05, 0) is 71.3 Å². The second kappa shape index (κ2) is 8.78. The molecule has 2 N–H and O–H groups in total. The monoisotopic (exact) mass is 387 g/mol. The first-order valence-electron chi connectivity index (χ1n) is 9.93. The molecule has 2 aromatic carbocycles. The van der Waals surface area contributed by atoms with Crippen LogP contribution in [0.15, 0.2) is 67.0 Å². The largest absolute Gasteiger partial charge is 0.497 e. The zero-order chi connectivity index (χ0) is 20.1. The van der Waals surface area contributed by atoms with Crippen LogP contribution >= 0.6 is 0 Å². The van der Waals surface area contributed by atoms with Crippen LogP contribution in [0.4, 0.5) is 4.79 Å². The second-order valence-electron chi connectivity index (χ2n) is 7.27. The van der Waals surface area contributed by atoms with E-state index in [9.17, 15) is 4.79 Å². The zero-order valence-corrected chi connectivity index (χ0v) is 16.5. The third-order valence-corrected chi connectivity index (χ3v) is 5.39. The van der Waals surface area contributed by atoms with E-state index < -0.39 is 0 Å². The topological polar surface area (TPSA) is 63.2 Å². The van der Waals surface area contributed by atoms with Crippen molar-refractivity contribution in [3.63, 3.8) is 0 Å². The van der Waals surface area contributed by atoms with Crippen LogP contribution in [0.3, 0.4) is 0 Å². The summed E-state index contributed by atoms with van der Waals surface area (Å²) in [4.78, 5) is 16.5. The van der Waals surface area contributed by atoms with Crippen molar-refractivity contribution in [1.29, 1.82) is 0 Å². The summed E-state index contributed by atoms with van der Waals surface area (Å²) in [5.41, 5.74) is 5.77. The highest BCUT2D eigenvalue weighted by Gasteiger charge is 2.22. The van der Waals surface area contributed by atoms with E-state index in [0.717, 1.165) is 47.3 Å². The number of amides is 2. The van der Waals surface area contributed by atoms with Gasteiger partial charge in [-0.3, -0.25) is 4.98 Å². The SMILES string of the molecule is COc1ccc2c(c1)[C@@H](NC(=O)NCc1ccc(-c3ccncc3)cc1)CCC2. The van der Waals surface area contributed by atoms with Crippen LogP contribution in [0.25, 0.3) is 11.1 Å². The van der Waals surface area contributed by atoms with Gasteiger partial charge in [-0.2, -0.15) is 0 Å². The summed E-state index contributed by atoms with van der Waals surface area (Å²) in [6.07, 6.45) is 6.63. The highest BCUT2D eigenvalue weighted by Crippen LogP contribution is 2.32. The van der Waals surface area contributed by atoms with Crippen molar-refractivity contribution < 1.29 is 9.53 Å². The van der Waals surface area contributed by atoms with Gasteiger partial charge in [0, 0.05) is 18.9 Å². The number of fused-ring (bicyclic) bond motifs is 1. The van der Waals surface area contributed by atoms with Gasteiger partial charge in [0.15, 0.2) is 0 Å². The first-order chi connectivity index (χ1) is 14.2. The van der Waals surface area contributed by atoms with Crippen molar-refractivity contribution in [1.82, 2.24) is 15.6 Å². The molecule has 148 valence electrons. The van der Waals surface area contributed by atoms with Gasteiger partial charge in [0.2, 0.25) is 0 Å². The summed E-state index contributed by atoms with van der Waals surface area (Å²) in [6.45, 7) is 0.486. The molecule has 0 bridgehead atoms. The number of hydrogen-bond donors (Lipinski definition) is 2. The van der Waals surface area contributed by atoms with Crippen molar-refractivity contribution in [2.45, 2.75) is 31.8 Å². The Morgan fingerprint density at radius 3 is 2.59 bits per heavy atom. The number of benzene rings is 2. The molecule has 1 aromatic heterocycles. The zero-order valence-electron chi connectivity index (χ0n) is 16.5. The lowest BCUT2D eigenvalue weighted by molar-refractivity contribution is 0.235. The first-order valence-corrected chi connectivity index (χ1v) is 9.93. The molecule has 1 heterocycles. The smallest absolute Gasteiger partial charge is 0.315 e. The molecule has 0 spiro atoms. The Bertz CT molecular complexity index is 971. The molecule has 0 radical (unpaired) electrons. The molecule has 4 rings (SSSR count). The Hall–Kier alpha value is -3.34. The van der Waals surface area contributed by atoms with E-state index in [4.69, 9.17) is 4.74 Å². The fraction of sp³-hybridized carbons (Fsp3) is 0.250. The molecule has 29 heavy (non-hydrogen) atoms. The van der Waals surface area contributed by atoms with E-state index in [1.807, 2.05) is 36.4 Å². The molecule has 1 aliphatic carbocycles. The molecule has 2 amide bonds. The first kappa shape index (κ1) is 19.0. The van der Waals surface area contributed by atoms with Gasteiger partial charge in [-0.25, -0.2) is 4.79 Å². The van der Waals surface area contributed by atoms with Gasteiger partial charge in [0.05, 0.1) is 13.2 Å². The lowest BCUT2D eigenvalue weighted by atomic mass is 9.87. The van der Waals surface area contributed by atoms with Crippen molar-refractivity contribution in [2.24, 2.45) is 0 Å². The van der Waals surface area contributed by atoms with Crippen LogP contribution in [-0.4, -0.2) is 18.1 Å². The van der Waals surface area contributed by atoms with Gasteiger partial charge in [0.25, 0.3) is 0 Å². The Morgan fingerprint density at radius 2 is 1.83 bits per heavy atom. The number of nitrogens with one attached hydrogen (secondary N) is 2. The van der Waals surface area contributed by atoms with Gasteiger partial charge in [0.1, 0.15) is 5.75 Å². The number of aromatic nitrogens is 1. The summed E-state index contributed by atoms with van der Waals surface area (Å²) < 4.78 is 5.35. The van der Waals surface area contributed by atoms with Crippen LogP contribution in [0, 0.1) is 0 Å². The van der Waals surface area contributed by atoms with Crippen LogP contribution in [0.2, 0.25) is 0 Å². The van der Waals surface area contributed by atoms with E-state index in [2.05, 4.69) is 33.8 Å². The van der Waals surface area contributed by atoms with E-state index >= 15 is 0 Å². The number of pyridine rings is 1. The molecule has 1 atom stereocenters. The van der Waals surface area contributed by atoms with E-state index in [1.54, 1.807) is 19.5 Å². The quantitative estimate of drug-likeness (QED) is 0.671. The summed E-state index contributed by atoms with van der Waals surface area (Å²) in [7, 11) is 1.67. The number of aryl methyl sites for hydroxylation is 1. The normalized spacial score (nSPS) is 15.3. The molecule has 3 aromatic rings. The number of ether oxygens (including phenoxy) is 1. The van der Waals surface area contributed by atoms with Crippen molar-refractivity contribution in [2.75, 3.05) is 7.11 Å². The van der Waals surface area contributed by atoms with Crippen LogP contribution in [0.5, 0.6) is 5.75 Å². The second-order valence-corrected chi connectivity index (χ2v) is 7.27. The number of urea groups is 1. The fourth-order valence-corrected chi connectivity index (χ4v) is 3.81. The molecule has 0 saturated carbocycles. The molecular weight excluding hydrogens is 362 g/mol. The van der Waals surface area contributed by atoms with E-state index in [0.29, 0.717) is 6.54 Å². The minimum Gasteiger partial charge on any atom is -0.497 e. The molecule has 0 saturated heterocycles. The minimum absolute atomic E-state index is 0.0166. The average molecular weight is 387 g/mol. The average Bonchev–Trinajstić information content (AvgIpc) is 2.78. The summed E-state index contributed by atoms with van der Waals surface area (Å²) in [5, 5.41) is 6.09. The molecule has 5 heteroatoms. The Kier molecular flexibility index (Phi) is 5.75. The molecule has 0 unspecified atom stereocenters. The predicted octanol–water partition coefficient (Wildman–Crippen LogP) is 4.63. The van der Waals surface area contributed by atoms with Crippen molar-refractivity contribution in [3.8, 4) is 16.9 Å². The lowest BCUT2D eigenvalue weighted by Gasteiger charge is -2.27. The minimum atomic E-state index is -0.149. The highest BCUT2D eigenvalue weighted by molar-refractivity contribution is 5.74. The fourth-order valence-electron chi connectivity index (χ4n) is 3.81. The number of methoxy groups -OCH3 is 1. The maximum atomic E-state index is 12.5. The number of nitrogens with zero attached hydrogens (tertiary/aromatic N) is 1. The maximum absolute atomic E-state index is 12.5. The van der Waals surface area contributed by atoms with Crippen LogP contribution in [-0.2, 0) is 13.0 Å². The standard InChI is InChI=1S/C24H25N3O2/c1-29-21-10-9-20-3-2-4-23(22(20)15-21)27-24(28)26-16-17-5-7-18(8-6-17)19-11-13-25-14-12-19/h5-15,23H,2-4,16H2,1H3,(H2,26,27,28)/t23-/m0/s1. The summed E-state index contributed by atoms with van der Waals surface area (Å²) in [6, 6.07) is 18.2. The predicted molar refractivity (Wildman–Crippen MR) is 114 cm³/mol. The Balaban J connectivity index is 1.35. The molecule has 1 aliphatic rings. The number of carbonyl (C=O) groups excluding carboxylic acids is 1. The summed E-state index contributed by atoms with van der Waals surface area (Å²) >= 11 is 0. The van der Waals surface area contributed by atoms with Gasteiger partial charge >= 0.3 is 6.03 Å². The van der Waals surface area contributed by atoms with Gasteiger partial charge < -0.3 is 15.4 Å². The van der Waals surface area contributed by atoms with Gasteiger partial charge in [-0.1, -0.05) is 30.3 Å².